The summed E-state index contributed by atoms with van der Waals surface area (Å²) < 4.78 is 32.4. The molecule has 0 saturated carbocycles. The zero-order valence-electron chi connectivity index (χ0n) is 20.9. The van der Waals surface area contributed by atoms with E-state index in [4.69, 9.17) is 4.74 Å². The van der Waals surface area contributed by atoms with Gasteiger partial charge in [-0.15, -0.1) is 11.3 Å². The summed E-state index contributed by atoms with van der Waals surface area (Å²) in [5, 5.41) is 1.98. The molecule has 1 saturated heterocycles. The zero-order chi connectivity index (χ0) is 26.2. The zero-order valence-corrected chi connectivity index (χ0v) is 21.7. The smallest absolute Gasteiger partial charge is 0.254 e. The van der Waals surface area contributed by atoms with E-state index >= 15 is 0 Å². The molecule has 0 radical (unpaired) electrons. The van der Waals surface area contributed by atoms with Crippen molar-refractivity contribution in [3.8, 4) is 0 Å². The van der Waals surface area contributed by atoms with Crippen molar-refractivity contribution in [2.24, 2.45) is 0 Å². The van der Waals surface area contributed by atoms with Crippen LogP contribution in [0.4, 0.5) is 8.78 Å². The Labute approximate surface area is 220 Å². The van der Waals surface area contributed by atoms with E-state index < -0.39 is 5.82 Å². The minimum Gasteiger partial charge on any atom is -0.379 e. The normalized spacial score (nSPS) is 13.9. The Morgan fingerprint density at radius 2 is 1.57 bits per heavy atom. The molecule has 2 amide bonds. The maximum Gasteiger partial charge on any atom is 0.254 e. The van der Waals surface area contributed by atoms with Crippen LogP contribution in [0.2, 0.25) is 0 Å². The average Bonchev–Trinajstić information content (AvgIpc) is 3.32. The molecule has 3 aromatic rings. The van der Waals surface area contributed by atoms with Gasteiger partial charge in [-0.2, -0.15) is 0 Å². The van der Waals surface area contributed by atoms with Gasteiger partial charge >= 0.3 is 0 Å². The van der Waals surface area contributed by atoms with E-state index in [1.165, 1.54) is 41.3 Å². The monoisotopic (exact) mass is 527 g/mol. The highest BCUT2D eigenvalue weighted by molar-refractivity contribution is 7.10. The van der Waals surface area contributed by atoms with Crippen molar-refractivity contribution in [1.82, 2.24) is 14.7 Å². The molecule has 1 aliphatic rings. The predicted molar refractivity (Wildman–Crippen MR) is 139 cm³/mol. The maximum atomic E-state index is 13.7. The van der Waals surface area contributed by atoms with Crippen molar-refractivity contribution in [2.75, 3.05) is 45.9 Å². The predicted octanol–water partition coefficient (Wildman–Crippen LogP) is 4.34. The Kier molecular flexibility index (Phi) is 9.38. The third-order valence-electron chi connectivity index (χ3n) is 6.44. The third kappa shape index (κ3) is 7.67. The number of hydrogen-bond donors (Lipinski definition) is 0. The van der Waals surface area contributed by atoms with Crippen molar-refractivity contribution < 1.29 is 23.1 Å². The molecule has 37 heavy (non-hydrogen) atoms. The molecule has 9 heteroatoms. The average molecular weight is 528 g/mol. The molecule has 0 aliphatic carbocycles. The number of amides is 2. The quantitative estimate of drug-likeness (QED) is 0.394. The first-order valence-electron chi connectivity index (χ1n) is 12.3. The summed E-state index contributed by atoms with van der Waals surface area (Å²) in [7, 11) is 0. The molecule has 4 rings (SSSR count). The van der Waals surface area contributed by atoms with Crippen molar-refractivity contribution in [1.29, 1.82) is 0 Å². The first-order chi connectivity index (χ1) is 17.9. The molecule has 6 nitrogen and oxygen atoms in total. The van der Waals surface area contributed by atoms with Crippen molar-refractivity contribution in [3.63, 3.8) is 0 Å². The number of rotatable bonds is 10. The second-order valence-electron chi connectivity index (χ2n) is 9.09. The summed E-state index contributed by atoms with van der Waals surface area (Å²) >= 11 is 1.57. The van der Waals surface area contributed by atoms with Gasteiger partial charge in [0, 0.05) is 43.2 Å². The Balaban J connectivity index is 1.53. The van der Waals surface area contributed by atoms with Crippen LogP contribution in [0.1, 0.15) is 26.4 Å². The van der Waals surface area contributed by atoms with Crippen LogP contribution in [0.3, 0.4) is 0 Å². The Hall–Kier alpha value is -3.14. The molecular formula is C28H31F2N3O3S. The van der Waals surface area contributed by atoms with Gasteiger partial charge in [-0.25, -0.2) is 8.78 Å². The molecule has 0 bridgehead atoms. The maximum absolute atomic E-state index is 13.7. The van der Waals surface area contributed by atoms with Crippen LogP contribution in [-0.4, -0.2) is 72.5 Å². The summed E-state index contributed by atoms with van der Waals surface area (Å²) in [6.45, 7) is 6.32. The standard InChI is InChI=1S/C28H31F2N3O3S/c1-21-10-17-37-26(21)19-33(18-22-2-6-24(29)7-3-22)27(34)20-32(12-11-31-13-15-36-16-14-31)28(35)23-4-8-25(30)9-5-23/h2-10,17H,11-16,18-20H2,1H3. The van der Waals surface area contributed by atoms with Crippen molar-refractivity contribution in [3.05, 3.63) is 93.2 Å². The van der Waals surface area contributed by atoms with Crippen LogP contribution in [0.15, 0.2) is 60.0 Å². The van der Waals surface area contributed by atoms with Crippen molar-refractivity contribution in [2.45, 2.75) is 20.0 Å². The van der Waals surface area contributed by atoms with Gasteiger partial charge in [0.15, 0.2) is 0 Å². The lowest BCUT2D eigenvalue weighted by atomic mass is 10.1. The van der Waals surface area contributed by atoms with E-state index in [1.807, 2.05) is 18.4 Å². The number of hydrogen-bond acceptors (Lipinski definition) is 5. The Morgan fingerprint density at radius 3 is 2.19 bits per heavy atom. The number of benzene rings is 2. The van der Waals surface area contributed by atoms with Crippen LogP contribution < -0.4 is 0 Å². The van der Waals surface area contributed by atoms with E-state index in [1.54, 1.807) is 28.4 Å². The molecule has 0 spiro atoms. The Morgan fingerprint density at radius 1 is 0.919 bits per heavy atom. The fourth-order valence-corrected chi connectivity index (χ4v) is 5.08. The van der Waals surface area contributed by atoms with Gasteiger partial charge in [-0.3, -0.25) is 14.5 Å². The van der Waals surface area contributed by atoms with Crippen molar-refractivity contribution >= 4 is 23.2 Å². The van der Waals surface area contributed by atoms with E-state index in [0.29, 0.717) is 45.0 Å². The molecule has 2 heterocycles. The van der Waals surface area contributed by atoms with Crippen LogP contribution >= 0.6 is 11.3 Å². The van der Waals surface area contributed by atoms with Crippen LogP contribution in [0.25, 0.3) is 0 Å². The molecule has 1 aliphatic heterocycles. The van der Waals surface area contributed by atoms with Gasteiger partial charge in [-0.05, 0) is 65.9 Å². The Bertz CT molecular complexity index is 1180. The largest absolute Gasteiger partial charge is 0.379 e. The first-order valence-corrected chi connectivity index (χ1v) is 13.2. The fraction of sp³-hybridized carbons (Fsp3) is 0.357. The SMILES string of the molecule is Cc1ccsc1CN(Cc1ccc(F)cc1)C(=O)CN(CCN1CCOCC1)C(=O)c1ccc(F)cc1. The minimum absolute atomic E-state index is 0.119. The summed E-state index contributed by atoms with van der Waals surface area (Å²) in [4.78, 5) is 33.6. The number of aryl methyl sites for hydroxylation is 1. The fourth-order valence-electron chi connectivity index (χ4n) is 4.16. The minimum atomic E-state index is -0.427. The summed E-state index contributed by atoms with van der Waals surface area (Å²) in [5.41, 5.74) is 2.22. The van der Waals surface area contributed by atoms with Gasteiger partial charge in [-0.1, -0.05) is 12.1 Å². The number of carbonyl (C=O) groups excluding carboxylic acids is 2. The van der Waals surface area contributed by atoms with E-state index in [0.717, 1.165) is 29.1 Å². The number of carbonyl (C=O) groups is 2. The summed E-state index contributed by atoms with van der Waals surface area (Å²) in [6, 6.07) is 13.5. The molecule has 0 unspecified atom stereocenters. The molecule has 0 N–H and O–H groups in total. The number of halogens is 2. The summed E-state index contributed by atoms with van der Waals surface area (Å²) in [6.07, 6.45) is 0. The topological polar surface area (TPSA) is 53.1 Å². The molecule has 2 aromatic carbocycles. The van der Waals surface area contributed by atoms with Crippen LogP contribution in [0, 0.1) is 18.6 Å². The van der Waals surface area contributed by atoms with Crippen LogP contribution in [-0.2, 0) is 22.6 Å². The number of morpholine rings is 1. The number of thiophene rings is 1. The van der Waals surface area contributed by atoms with E-state index in [-0.39, 0.29) is 24.2 Å². The molecular weight excluding hydrogens is 496 g/mol. The lowest BCUT2D eigenvalue weighted by Crippen LogP contribution is -2.47. The lowest BCUT2D eigenvalue weighted by molar-refractivity contribution is -0.133. The van der Waals surface area contributed by atoms with Gasteiger partial charge in [0.2, 0.25) is 5.91 Å². The van der Waals surface area contributed by atoms with Gasteiger partial charge in [0.1, 0.15) is 18.2 Å². The highest BCUT2D eigenvalue weighted by Crippen LogP contribution is 2.20. The summed E-state index contributed by atoms with van der Waals surface area (Å²) in [5.74, 6) is -1.30. The van der Waals surface area contributed by atoms with E-state index in [2.05, 4.69) is 4.90 Å². The highest BCUT2D eigenvalue weighted by atomic mass is 32.1. The number of ether oxygens (including phenoxy) is 1. The molecule has 196 valence electrons. The lowest BCUT2D eigenvalue weighted by Gasteiger charge is -2.31. The van der Waals surface area contributed by atoms with Gasteiger partial charge in [0.05, 0.1) is 19.8 Å². The highest BCUT2D eigenvalue weighted by Gasteiger charge is 2.24. The number of nitrogens with zero attached hydrogens (tertiary/aromatic N) is 3. The van der Waals surface area contributed by atoms with Crippen LogP contribution in [0.5, 0.6) is 0 Å². The molecule has 0 atom stereocenters. The van der Waals surface area contributed by atoms with E-state index in [9.17, 15) is 18.4 Å². The van der Waals surface area contributed by atoms with Gasteiger partial charge < -0.3 is 14.5 Å². The first kappa shape index (κ1) is 26.9. The molecule has 1 fully saturated rings. The third-order valence-corrected chi connectivity index (χ3v) is 7.44. The second-order valence-corrected chi connectivity index (χ2v) is 10.1. The second kappa shape index (κ2) is 12.9. The molecule has 1 aromatic heterocycles. The van der Waals surface area contributed by atoms with Gasteiger partial charge in [0.25, 0.3) is 5.91 Å².